The SMILES string of the molecule is Cc1oc(C)c(S(=O)(=O)NC2(CO)CCC2)c1C(=O)O. The molecule has 0 spiro atoms. The van der Waals surface area contributed by atoms with E-state index in [0.29, 0.717) is 12.8 Å². The molecular formula is C12H17NO6S. The minimum atomic E-state index is -4.06. The lowest BCUT2D eigenvalue weighted by Gasteiger charge is -2.40. The van der Waals surface area contributed by atoms with Crippen LogP contribution >= 0.6 is 0 Å². The zero-order valence-corrected chi connectivity index (χ0v) is 12.1. The molecule has 0 radical (unpaired) electrons. The van der Waals surface area contributed by atoms with Gasteiger partial charge in [0.1, 0.15) is 22.0 Å². The summed E-state index contributed by atoms with van der Waals surface area (Å²) in [6, 6.07) is 0. The van der Waals surface area contributed by atoms with Crippen molar-refractivity contribution in [3.8, 4) is 0 Å². The van der Waals surface area contributed by atoms with Crippen molar-refractivity contribution in [3.05, 3.63) is 17.1 Å². The summed E-state index contributed by atoms with van der Waals surface area (Å²) in [6.45, 7) is 2.49. The highest BCUT2D eigenvalue weighted by Crippen LogP contribution is 2.34. The van der Waals surface area contributed by atoms with E-state index in [9.17, 15) is 18.3 Å². The van der Waals surface area contributed by atoms with E-state index in [1.54, 1.807) is 0 Å². The van der Waals surface area contributed by atoms with Crippen molar-refractivity contribution in [2.75, 3.05) is 6.61 Å². The Labute approximate surface area is 116 Å². The first-order valence-electron chi connectivity index (χ1n) is 6.20. The number of carbonyl (C=O) groups is 1. The van der Waals surface area contributed by atoms with Gasteiger partial charge >= 0.3 is 5.97 Å². The molecule has 0 aliphatic heterocycles. The number of hydrogen-bond acceptors (Lipinski definition) is 5. The minimum absolute atomic E-state index is 0.0276. The number of sulfonamides is 1. The number of furan rings is 1. The van der Waals surface area contributed by atoms with Crippen LogP contribution in [0.2, 0.25) is 0 Å². The van der Waals surface area contributed by atoms with E-state index in [2.05, 4.69) is 4.72 Å². The number of hydrogen-bond donors (Lipinski definition) is 3. The van der Waals surface area contributed by atoms with Gasteiger partial charge in [0.25, 0.3) is 0 Å². The summed E-state index contributed by atoms with van der Waals surface area (Å²) >= 11 is 0. The minimum Gasteiger partial charge on any atom is -0.478 e. The molecule has 0 saturated heterocycles. The summed E-state index contributed by atoms with van der Waals surface area (Å²) in [4.78, 5) is 10.9. The fourth-order valence-electron chi connectivity index (χ4n) is 2.47. The highest BCUT2D eigenvalue weighted by molar-refractivity contribution is 7.89. The first-order chi connectivity index (χ1) is 9.22. The second-order valence-corrected chi connectivity index (χ2v) is 6.74. The molecule has 1 aliphatic rings. The van der Waals surface area contributed by atoms with Crippen molar-refractivity contribution in [2.24, 2.45) is 0 Å². The third kappa shape index (κ3) is 2.34. The molecule has 2 rings (SSSR count). The van der Waals surface area contributed by atoms with Crippen molar-refractivity contribution >= 4 is 16.0 Å². The predicted molar refractivity (Wildman–Crippen MR) is 69.1 cm³/mol. The van der Waals surface area contributed by atoms with Crippen molar-refractivity contribution < 1.29 is 27.8 Å². The Morgan fingerprint density at radius 1 is 1.35 bits per heavy atom. The van der Waals surface area contributed by atoms with Gasteiger partial charge in [0.15, 0.2) is 0 Å². The fraction of sp³-hybridized carbons (Fsp3) is 0.583. The lowest BCUT2D eigenvalue weighted by Crippen LogP contribution is -2.56. The van der Waals surface area contributed by atoms with E-state index in [-0.39, 0.29) is 28.6 Å². The average Bonchev–Trinajstić information content (AvgIpc) is 2.59. The Hall–Kier alpha value is -1.38. The summed E-state index contributed by atoms with van der Waals surface area (Å²) in [5.74, 6) is -1.28. The Bertz CT molecular complexity index is 636. The molecule has 20 heavy (non-hydrogen) atoms. The second-order valence-electron chi connectivity index (χ2n) is 5.12. The number of nitrogens with one attached hydrogen (secondary N) is 1. The molecule has 7 nitrogen and oxygen atoms in total. The smallest absolute Gasteiger partial charge is 0.340 e. The largest absolute Gasteiger partial charge is 0.478 e. The van der Waals surface area contributed by atoms with Crippen LogP contribution < -0.4 is 4.72 Å². The van der Waals surface area contributed by atoms with Gasteiger partial charge in [0.2, 0.25) is 10.0 Å². The van der Waals surface area contributed by atoms with Gasteiger partial charge < -0.3 is 14.6 Å². The van der Waals surface area contributed by atoms with Gasteiger partial charge in [-0.1, -0.05) is 0 Å². The molecule has 0 amide bonds. The van der Waals surface area contributed by atoms with Crippen LogP contribution in [-0.2, 0) is 10.0 Å². The maximum atomic E-state index is 12.4. The second kappa shape index (κ2) is 4.87. The zero-order valence-electron chi connectivity index (χ0n) is 11.3. The summed E-state index contributed by atoms with van der Waals surface area (Å²) in [5, 5.41) is 18.5. The van der Waals surface area contributed by atoms with Gasteiger partial charge in [0.05, 0.1) is 12.1 Å². The number of aliphatic hydroxyl groups excluding tert-OH is 1. The van der Waals surface area contributed by atoms with E-state index in [4.69, 9.17) is 9.52 Å². The van der Waals surface area contributed by atoms with Gasteiger partial charge in [0, 0.05) is 0 Å². The first-order valence-corrected chi connectivity index (χ1v) is 7.69. The van der Waals surface area contributed by atoms with Gasteiger partial charge in [-0.3, -0.25) is 0 Å². The van der Waals surface area contributed by atoms with Crippen molar-refractivity contribution in [1.29, 1.82) is 0 Å². The average molecular weight is 303 g/mol. The quantitative estimate of drug-likeness (QED) is 0.740. The fourth-order valence-corrected chi connectivity index (χ4v) is 4.33. The molecule has 1 aliphatic carbocycles. The van der Waals surface area contributed by atoms with Crippen molar-refractivity contribution in [3.63, 3.8) is 0 Å². The topological polar surface area (TPSA) is 117 Å². The normalized spacial score (nSPS) is 17.8. The molecule has 0 unspecified atom stereocenters. The molecule has 3 N–H and O–H groups in total. The first kappa shape index (κ1) is 15.0. The van der Waals surface area contributed by atoms with Gasteiger partial charge in [-0.25, -0.2) is 17.9 Å². The molecule has 1 aromatic rings. The summed E-state index contributed by atoms with van der Waals surface area (Å²) in [6.07, 6.45) is 1.88. The number of carboxylic acid groups (broad SMARTS) is 1. The van der Waals surface area contributed by atoms with E-state index in [1.807, 2.05) is 0 Å². The van der Waals surface area contributed by atoms with Crippen LogP contribution in [0.4, 0.5) is 0 Å². The summed E-state index contributed by atoms with van der Waals surface area (Å²) in [7, 11) is -4.06. The number of aryl methyl sites for hydroxylation is 2. The Morgan fingerprint density at radius 2 is 1.95 bits per heavy atom. The van der Waals surface area contributed by atoms with Crippen LogP contribution in [0.5, 0.6) is 0 Å². The predicted octanol–water partition coefficient (Wildman–Crippen LogP) is 0.788. The Morgan fingerprint density at radius 3 is 2.35 bits per heavy atom. The molecule has 1 aromatic heterocycles. The molecule has 0 bridgehead atoms. The number of aromatic carboxylic acids is 1. The van der Waals surface area contributed by atoms with Crippen LogP contribution in [0, 0.1) is 13.8 Å². The van der Waals surface area contributed by atoms with Crippen LogP contribution in [0.15, 0.2) is 9.31 Å². The van der Waals surface area contributed by atoms with Crippen LogP contribution in [0.25, 0.3) is 0 Å². The van der Waals surface area contributed by atoms with E-state index < -0.39 is 21.5 Å². The Kier molecular flexibility index (Phi) is 3.66. The molecule has 112 valence electrons. The molecular weight excluding hydrogens is 286 g/mol. The van der Waals surface area contributed by atoms with Gasteiger partial charge in [-0.05, 0) is 33.1 Å². The maximum Gasteiger partial charge on any atom is 0.340 e. The third-order valence-electron chi connectivity index (χ3n) is 3.65. The highest BCUT2D eigenvalue weighted by Gasteiger charge is 2.42. The van der Waals surface area contributed by atoms with E-state index >= 15 is 0 Å². The van der Waals surface area contributed by atoms with Crippen molar-refractivity contribution in [1.82, 2.24) is 4.72 Å². The molecule has 1 saturated carbocycles. The number of carboxylic acids is 1. The summed E-state index contributed by atoms with van der Waals surface area (Å²) < 4.78 is 32.4. The van der Waals surface area contributed by atoms with Gasteiger partial charge in [-0.15, -0.1) is 0 Å². The van der Waals surface area contributed by atoms with Crippen molar-refractivity contribution in [2.45, 2.75) is 43.5 Å². The third-order valence-corrected chi connectivity index (χ3v) is 5.38. The molecule has 0 atom stereocenters. The number of rotatable bonds is 5. The monoisotopic (exact) mass is 303 g/mol. The molecule has 1 heterocycles. The summed E-state index contributed by atoms with van der Waals surface area (Å²) in [5.41, 5.74) is -1.24. The highest BCUT2D eigenvalue weighted by atomic mass is 32.2. The Balaban J connectivity index is 2.47. The van der Waals surface area contributed by atoms with E-state index in [1.165, 1.54) is 13.8 Å². The molecule has 0 aromatic carbocycles. The zero-order chi connectivity index (χ0) is 15.1. The molecule has 8 heteroatoms. The molecule has 1 fully saturated rings. The lowest BCUT2D eigenvalue weighted by molar-refractivity contribution is 0.0691. The van der Waals surface area contributed by atoms with Crippen LogP contribution in [0.1, 0.15) is 41.1 Å². The number of aliphatic hydroxyl groups is 1. The standard InChI is InChI=1S/C12H17NO6S/c1-7-9(11(15)16)10(8(2)19-7)20(17,18)13-12(6-14)4-3-5-12/h13-14H,3-6H2,1-2H3,(H,15,16). The van der Waals surface area contributed by atoms with Crippen LogP contribution in [-0.4, -0.2) is 36.7 Å². The van der Waals surface area contributed by atoms with E-state index in [0.717, 1.165) is 6.42 Å². The maximum absolute atomic E-state index is 12.4. The van der Waals surface area contributed by atoms with Crippen LogP contribution in [0.3, 0.4) is 0 Å². The lowest BCUT2D eigenvalue weighted by atomic mass is 9.78. The van der Waals surface area contributed by atoms with Gasteiger partial charge in [-0.2, -0.15) is 0 Å².